The molecule has 0 spiro atoms. The Kier molecular flexibility index (Phi) is 4.05. The summed E-state index contributed by atoms with van der Waals surface area (Å²) in [6, 6.07) is 0. The highest BCUT2D eigenvalue weighted by Gasteiger charge is 2.39. The van der Waals surface area contributed by atoms with Gasteiger partial charge in [0, 0.05) is 11.3 Å². The van der Waals surface area contributed by atoms with Gasteiger partial charge in [-0.2, -0.15) is 0 Å². The van der Waals surface area contributed by atoms with E-state index in [-0.39, 0.29) is 0 Å². The molecular weight excluding hydrogens is 246 g/mol. The van der Waals surface area contributed by atoms with E-state index in [0.29, 0.717) is 6.42 Å². The number of rotatable bonds is 3. The van der Waals surface area contributed by atoms with Crippen molar-refractivity contribution >= 4 is 17.3 Å². The Morgan fingerprint density at radius 3 is 2.33 bits per heavy atom. The molecule has 4 heteroatoms. The van der Waals surface area contributed by atoms with E-state index in [9.17, 15) is 9.90 Å². The molecule has 2 rings (SSSR count). The zero-order chi connectivity index (χ0) is 13.2. The van der Waals surface area contributed by atoms with Gasteiger partial charge in [0.1, 0.15) is 0 Å². The first-order chi connectivity index (χ1) is 8.53. The molecule has 1 saturated carbocycles. The minimum atomic E-state index is -0.630. The van der Waals surface area contributed by atoms with E-state index in [1.165, 1.54) is 17.7 Å². The highest BCUT2D eigenvalue weighted by atomic mass is 32.1. The van der Waals surface area contributed by atoms with Crippen LogP contribution in [0.1, 0.15) is 54.1 Å². The first-order valence-electron chi connectivity index (χ1n) is 6.70. The number of carboxylic acid groups (broad SMARTS) is 1. The summed E-state index contributed by atoms with van der Waals surface area (Å²) in [6.07, 6.45) is 6.64. The molecule has 1 aliphatic carbocycles. The summed E-state index contributed by atoms with van der Waals surface area (Å²) in [4.78, 5) is 17.4. The summed E-state index contributed by atoms with van der Waals surface area (Å²) in [7, 11) is 0. The van der Waals surface area contributed by atoms with Gasteiger partial charge >= 0.3 is 5.97 Å². The second kappa shape index (κ2) is 5.39. The predicted molar refractivity (Wildman–Crippen MR) is 73.1 cm³/mol. The molecule has 1 aromatic rings. The number of thiazole rings is 1. The second-order valence-electron chi connectivity index (χ2n) is 5.43. The SMILES string of the molecule is Cc1nc(CC2(C(=O)O)CCCCCC2)sc1C. The highest BCUT2D eigenvalue weighted by molar-refractivity contribution is 7.11. The molecule has 0 aromatic carbocycles. The molecule has 0 aliphatic heterocycles. The van der Waals surface area contributed by atoms with Crippen LogP contribution in [0.15, 0.2) is 0 Å². The number of carboxylic acids is 1. The van der Waals surface area contributed by atoms with Gasteiger partial charge in [0.25, 0.3) is 0 Å². The van der Waals surface area contributed by atoms with Crippen molar-refractivity contribution in [1.82, 2.24) is 4.98 Å². The number of carbonyl (C=O) groups is 1. The number of aryl methyl sites for hydroxylation is 2. The Morgan fingerprint density at radius 1 is 1.28 bits per heavy atom. The molecule has 1 N–H and O–H groups in total. The smallest absolute Gasteiger partial charge is 0.310 e. The summed E-state index contributed by atoms with van der Waals surface area (Å²) in [6.45, 7) is 4.05. The van der Waals surface area contributed by atoms with Crippen LogP contribution in [0.3, 0.4) is 0 Å². The fourth-order valence-electron chi connectivity index (χ4n) is 2.78. The highest BCUT2D eigenvalue weighted by Crippen LogP contribution is 2.39. The van der Waals surface area contributed by atoms with Crippen LogP contribution >= 0.6 is 11.3 Å². The zero-order valence-corrected chi connectivity index (χ0v) is 12.0. The van der Waals surface area contributed by atoms with Crippen LogP contribution in [0.5, 0.6) is 0 Å². The third-order valence-corrected chi connectivity index (χ3v) is 5.15. The van der Waals surface area contributed by atoms with Crippen LogP contribution in [0.25, 0.3) is 0 Å². The van der Waals surface area contributed by atoms with Gasteiger partial charge < -0.3 is 5.11 Å². The van der Waals surface area contributed by atoms with Gasteiger partial charge in [-0.1, -0.05) is 25.7 Å². The second-order valence-corrected chi connectivity index (χ2v) is 6.71. The van der Waals surface area contributed by atoms with Crippen molar-refractivity contribution in [2.75, 3.05) is 0 Å². The van der Waals surface area contributed by atoms with Crippen LogP contribution in [0, 0.1) is 19.3 Å². The maximum atomic E-state index is 11.7. The minimum absolute atomic E-state index is 0.562. The minimum Gasteiger partial charge on any atom is -0.481 e. The van der Waals surface area contributed by atoms with Crippen molar-refractivity contribution in [3.05, 3.63) is 15.6 Å². The van der Waals surface area contributed by atoms with E-state index < -0.39 is 11.4 Å². The summed E-state index contributed by atoms with van der Waals surface area (Å²) in [5.74, 6) is -0.630. The quantitative estimate of drug-likeness (QED) is 0.849. The Labute approximate surface area is 112 Å². The normalized spacial score (nSPS) is 19.4. The molecule has 0 unspecified atom stereocenters. The Hall–Kier alpha value is -0.900. The van der Waals surface area contributed by atoms with Crippen molar-refractivity contribution in [3.63, 3.8) is 0 Å². The number of hydrogen-bond donors (Lipinski definition) is 1. The molecule has 0 bridgehead atoms. The van der Waals surface area contributed by atoms with E-state index in [1.807, 2.05) is 6.92 Å². The third-order valence-electron chi connectivity index (χ3n) is 4.08. The molecule has 0 radical (unpaired) electrons. The standard InChI is InChI=1S/C14H21NO2S/c1-10-11(2)18-12(15-10)9-14(13(16)17)7-5-3-4-6-8-14/h3-9H2,1-2H3,(H,16,17). The van der Waals surface area contributed by atoms with Crippen LogP contribution in [0.2, 0.25) is 0 Å². The van der Waals surface area contributed by atoms with Gasteiger partial charge in [0.2, 0.25) is 0 Å². The average molecular weight is 267 g/mol. The zero-order valence-electron chi connectivity index (χ0n) is 11.2. The lowest BCUT2D eigenvalue weighted by atomic mass is 9.77. The number of aliphatic carboxylic acids is 1. The number of nitrogens with zero attached hydrogens (tertiary/aromatic N) is 1. The van der Waals surface area contributed by atoms with Crippen LogP contribution in [-0.2, 0) is 11.2 Å². The Morgan fingerprint density at radius 2 is 1.89 bits per heavy atom. The van der Waals surface area contributed by atoms with E-state index in [1.54, 1.807) is 11.3 Å². The molecule has 0 atom stereocenters. The topological polar surface area (TPSA) is 50.2 Å². The molecule has 1 aromatic heterocycles. The van der Waals surface area contributed by atoms with Crippen molar-refractivity contribution < 1.29 is 9.90 Å². The summed E-state index contributed by atoms with van der Waals surface area (Å²) < 4.78 is 0. The van der Waals surface area contributed by atoms with Gasteiger partial charge in [-0.25, -0.2) is 4.98 Å². The molecule has 18 heavy (non-hydrogen) atoms. The number of aromatic nitrogens is 1. The van der Waals surface area contributed by atoms with E-state index in [2.05, 4.69) is 11.9 Å². The Balaban J connectivity index is 2.22. The molecule has 1 aliphatic rings. The van der Waals surface area contributed by atoms with Crippen LogP contribution in [0.4, 0.5) is 0 Å². The van der Waals surface area contributed by atoms with E-state index in [0.717, 1.165) is 36.4 Å². The molecule has 100 valence electrons. The van der Waals surface area contributed by atoms with Crippen LogP contribution < -0.4 is 0 Å². The summed E-state index contributed by atoms with van der Waals surface area (Å²) in [5, 5.41) is 10.6. The van der Waals surface area contributed by atoms with Crippen molar-refractivity contribution in [1.29, 1.82) is 0 Å². The van der Waals surface area contributed by atoms with E-state index in [4.69, 9.17) is 0 Å². The lowest BCUT2D eigenvalue weighted by Crippen LogP contribution is -2.32. The number of hydrogen-bond acceptors (Lipinski definition) is 3. The maximum absolute atomic E-state index is 11.7. The first kappa shape index (κ1) is 13.5. The molecular formula is C14H21NO2S. The molecule has 0 saturated heterocycles. The largest absolute Gasteiger partial charge is 0.481 e. The third kappa shape index (κ3) is 2.74. The van der Waals surface area contributed by atoms with Gasteiger partial charge in [-0.05, 0) is 26.7 Å². The van der Waals surface area contributed by atoms with Crippen LogP contribution in [-0.4, -0.2) is 16.1 Å². The van der Waals surface area contributed by atoms with Crippen molar-refractivity contribution in [2.24, 2.45) is 5.41 Å². The van der Waals surface area contributed by atoms with E-state index >= 15 is 0 Å². The molecule has 1 heterocycles. The molecule has 1 fully saturated rings. The summed E-state index contributed by atoms with van der Waals surface area (Å²) in [5.41, 5.74) is 0.483. The molecule has 0 amide bonds. The predicted octanol–water partition coefficient (Wildman–Crippen LogP) is 3.73. The lowest BCUT2D eigenvalue weighted by Gasteiger charge is -2.26. The van der Waals surface area contributed by atoms with Gasteiger partial charge in [-0.3, -0.25) is 4.79 Å². The van der Waals surface area contributed by atoms with Gasteiger partial charge in [-0.15, -0.1) is 11.3 Å². The first-order valence-corrected chi connectivity index (χ1v) is 7.51. The fourth-order valence-corrected chi connectivity index (χ4v) is 3.85. The summed E-state index contributed by atoms with van der Waals surface area (Å²) >= 11 is 1.66. The fraction of sp³-hybridized carbons (Fsp3) is 0.714. The van der Waals surface area contributed by atoms with Crippen molar-refractivity contribution in [3.8, 4) is 0 Å². The monoisotopic (exact) mass is 267 g/mol. The maximum Gasteiger partial charge on any atom is 0.310 e. The van der Waals surface area contributed by atoms with Crippen molar-refractivity contribution in [2.45, 2.75) is 58.8 Å². The molecule has 3 nitrogen and oxygen atoms in total. The average Bonchev–Trinajstić information content (AvgIpc) is 2.54. The lowest BCUT2D eigenvalue weighted by molar-refractivity contribution is -0.149. The van der Waals surface area contributed by atoms with Gasteiger partial charge in [0.15, 0.2) is 0 Å². The Bertz CT molecular complexity index is 412. The van der Waals surface area contributed by atoms with Gasteiger partial charge in [0.05, 0.1) is 16.1 Å².